The van der Waals surface area contributed by atoms with Crippen LogP contribution in [0, 0.1) is 11.3 Å². The molecule has 0 aromatic carbocycles. The molecule has 0 aliphatic heterocycles. The van der Waals surface area contributed by atoms with E-state index in [0.29, 0.717) is 11.3 Å². The number of hydrogen-bond donors (Lipinski definition) is 0. The van der Waals surface area contributed by atoms with Crippen LogP contribution >= 0.6 is 0 Å². The predicted octanol–water partition coefficient (Wildman–Crippen LogP) is 4.34. The van der Waals surface area contributed by atoms with Crippen molar-refractivity contribution in [3.63, 3.8) is 0 Å². The summed E-state index contributed by atoms with van der Waals surface area (Å²) in [6, 6.07) is 0. The molecule has 1 atom stereocenters. The van der Waals surface area contributed by atoms with Gasteiger partial charge in [0.05, 0.1) is 0 Å². The Kier molecular flexibility index (Phi) is 3.35. The molecule has 1 aliphatic rings. The Morgan fingerprint density at radius 2 is 2.23 bits per heavy atom. The van der Waals surface area contributed by atoms with Gasteiger partial charge in [-0.1, -0.05) is 44.6 Å². The maximum Gasteiger partial charge on any atom is 0.00253 e. The van der Waals surface area contributed by atoms with E-state index in [2.05, 4.69) is 45.9 Å². The number of allylic oxidation sites excluding steroid dienone is 4. The van der Waals surface area contributed by atoms with Crippen molar-refractivity contribution in [3.05, 3.63) is 23.8 Å². The molecule has 0 saturated heterocycles. The predicted molar refractivity (Wildman–Crippen MR) is 59.7 cm³/mol. The summed E-state index contributed by atoms with van der Waals surface area (Å²) in [6.45, 7) is 9.24. The highest BCUT2D eigenvalue weighted by atomic mass is 14.3. The highest BCUT2D eigenvalue weighted by Gasteiger charge is 2.30. The molecule has 0 radical (unpaired) electrons. The van der Waals surface area contributed by atoms with E-state index in [-0.39, 0.29) is 0 Å². The van der Waals surface area contributed by atoms with Gasteiger partial charge in [-0.2, -0.15) is 0 Å². The molecule has 74 valence electrons. The highest BCUT2D eigenvalue weighted by molar-refractivity contribution is 5.18. The van der Waals surface area contributed by atoms with Gasteiger partial charge in [-0.15, -0.1) is 0 Å². The van der Waals surface area contributed by atoms with Gasteiger partial charge in [0.25, 0.3) is 0 Å². The van der Waals surface area contributed by atoms with E-state index in [1.165, 1.54) is 12.8 Å². The average molecular weight is 178 g/mol. The summed E-state index contributed by atoms with van der Waals surface area (Å²) in [7, 11) is 0. The second kappa shape index (κ2) is 4.13. The molecular formula is C13H22. The van der Waals surface area contributed by atoms with Crippen LogP contribution in [0.2, 0.25) is 0 Å². The van der Waals surface area contributed by atoms with Gasteiger partial charge in [-0.3, -0.25) is 0 Å². The fourth-order valence-electron chi connectivity index (χ4n) is 2.26. The lowest BCUT2D eigenvalue weighted by atomic mass is 9.68. The Balaban J connectivity index is 2.81. The third-order valence-corrected chi connectivity index (χ3v) is 3.15. The summed E-state index contributed by atoms with van der Waals surface area (Å²) in [4.78, 5) is 0. The molecule has 0 N–H and O–H groups in total. The van der Waals surface area contributed by atoms with E-state index >= 15 is 0 Å². The van der Waals surface area contributed by atoms with Crippen LogP contribution in [0.4, 0.5) is 0 Å². The van der Waals surface area contributed by atoms with Crippen LogP contribution in [0.25, 0.3) is 0 Å². The highest BCUT2D eigenvalue weighted by Crippen LogP contribution is 2.41. The summed E-state index contributed by atoms with van der Waals surface area (Å²) in [6.07, 6.45) is 10.8. The van der Waals surface area contributed by atoms with Crippen molar-refractivity contribution < 1.29 is 0 Å². The van der Waals surface area contributed by atoms with Crippen LogP contribution in [0.3, 0.4) is 0 Å². The summed E-state index contributed by atoms with van der Waals surface area (Å²) < 4.78 is 0. The van der Waals surface area contributed by atoms with Crippen molar-refractivity contribution in [3.8, 4) is 0 Å². The molecule has 0 heteroatoms. The maximum atomic E-state index is 2.40. The lowest BCUT2D eigenvalue weighted by Gasteiger charge is -2.36. The normalized spacial score (nSPS) is 27.7. The molecule has 1 rings (SSSR count). The topological polar surface area (TPSA) is 0 Å². The van der Waals surface area contributed by atoms with Crippen LogP contribution in [-0.2, 0) is 0 Å². The molecule has 0 saturated carbocycles. The first-order chi connectivity index (χ1) is 6.08. The molecule has 0 bridgehead atoms. The van der Waals surface area contributed by atoms with Crippen molar-refractivity contribution in [1.29, 1.82) is 0 Å². The standard InChI is InChI=1S/C13H22/c1-5-6-9-12-11(2)8-7-10-13(12,3)4/h6,8-9,12H,5,7,10H2,1-4H3/b9-6+/t12-/m1/s1. The van der Waals surface area contributed by atoms with E-state index in [1.54, 1.807) is 5.57 Å². The summed E-state index contributed by atoms with van der Waals surface area (Å²) in [5.41, 5.74) is 2.02. The first kappa shape index (κ1) is 10.6. The SMILES string of the molecule is CC/C=C/[C@@H]1C(C)=CCCC1(C)C. The lowest BCUT2D eigenvalue weighted by molar-refractivity contribution is 0.255. The third kappa shape index (κ3) is 2.46. The molecule has 0 aromatic rings. The van der Waals surface area contributed by atoms with Gasteiger partial charge in [-0.25, -0.2) is 0 Å². The average Bonchev–Trinajstić information content (AvgIpc) is 2.02. The largest absolute Gasteiger partial charge is 0.0882 e. The Hall–Kier alpha value is -0.520. The monoisotopic (exact) mass is 178 g/mol. The van der Waals surface area contributed by atoms with Gasteiger partial charge in [0.1, 0.15) is 0 Å². The zero-order valence-electron chi connectivity index (χ0n) is 9.43. The van der Waals surface area contributed by atoms with Gasteiger partial charge in [0, 0.05) is 5.92 Å². The first-order valence-electron chi connectivity index (χ1n) is 5.41. The Morgan fingerprint density at radius 3 is 2.77 bits per heavy atom. The first-order valence-corrected chi connectivity index (χ1v) is 5.41. The minimum Gasteiger partial charge on any atom is -0.0882 e. The van der Waals surface area contributed by atoms with Crippen LogP contribution < -0.4 is 0 Å². The van der Waals surface area contributed by atoms with Crippen molar-refractivity contribution in [2.24, 2.45) is 11.3 Å². The summed E-state index contributed by atoms with van der Waals surface area (Å²) >= 11 is 0. The van der Waals surface area contributed by atoms with Gasteiger partial charge in [0.15, 0.2) is 0 Å². The van der Waals surface area contributed by atoms with E-state index < -0.39 is 0 Å². The molecule has 0 aromatic heterocycles. The van der Waals surface area contributed by atoms with Gasteiger partial charge >= 0.3 is 0 Å². The summed E-state index contributed by atoms with van der Waals surface area (Å²) in [5, 5.41) is 0. The fraction of sp³-hybridized carbons (Fsp3) is 0.692. The number of hydrogen-bond acceptors (Lipinski definition) is 0. The van der Waals surface area contributed by atoms with Crippen LogP contribution in [0.1, 0.15) is 47.0 Å². The molecule has 0 spiro atoms. The van der Waals surface area contributed by atoms with E-state index in [4.69, 9.17) is 0 Å². The zero-order chi connectivity index (χ0) is 9.90. The Bertz CT molecular complexity index is 218. The molecule has 0 fully saturated rings. The minimum absolute atomic E-state index is 0.463. The van der Waals surface area contributed by atoms with Crippen molar-refractivity contribution >= 4 is 0 Å². The van der Waals surface area contributed by atoms with Crippen LogP contribution in [0.15, 0.2) is 23.8 Å². The molecular weight excluding hydrogens is 156 g/mol. The quantitative estimate of drug-likeness (QED) is 0.552. The van der Waals surface area contributed by atoms with Gasteiger partial charge in [0.2, 0.25) is 0 Å². The fourth-order valence-corrected chi connectivity index (χ4v) is 2.26. The van der Waals surface area contributed by atoms with E-state index in [1.807, 2.05) is 0 Å². The van der Waals surface area contributed by atoms with Crippen molar-refractivity contribution in [2.45, 2.75) is 47.0 Å². The molecule has 13 heavy (non-hydrogen) atoms. The van der Waals surface area contributed by atoms with E-state index in [9.17, 15) is 0 Å². The zero-order valence-corrected chi connectivity index (χ0v) is 9.43. The third-order valence-electron chi connectivity index (χ3n) is 3.15. The molecule has 1 aliphatic carbocycles. The maximum absolute atomic E-state index is 2.40. The summed E-state index contributed by atoms with van der Waals surface area (Å²) in [5.74, 6) is 0.668. The Labute approximate surface area is 82.7 Å². The van der Waals surface area contributed by atoms with Crippen molar-refractivity contribution in [2.75, 3.05) is 0 Å². The van der Waals surface area contributed by atoms with Crippen LogP contribution in [-0.4, -0.2) is 0 Å². The molecule has 0 nitrogen and oxygen atoms in total. The van der Waals surface area contributed by atoms with Crippen molar-refractivity contribution in [1.82, 2.24) is 0 Å². The lowest BCUT2D eigenvalue weighted by Crippen LogP contribution is -2.26. The molecule has 0 amide bonds. The number of rotatable bonds is 2. The van der Waals surface area contributed by atoms with Crippen LogP contribution in [0.5, 0.6) is 0 Å². The van der Waals surface area contributed by atoms with E-state index in [0.717, 1.165) is 6.42 Å². The van der Waals surface area contributed by atoms with Gasteiger partial charge in [-0.05, 0) is 31.6 Å². The Morgan fingerprint density at radius 1 is 1.54 bits per heavy atom. The molecule has 0 unspecified atom stereocenters. The van der Waals surface area contributed by atoms with Gasteiger partial charge < -0.3 is 0 Å². The smallest absolute Gasteiger partial charge is 0.00253 e. The second-order valence-electron chi connectivity index (χ2n) is 4.79. The second-order valence-corrected chi connectivity index (χ2v) is 4.79. The minimum atomic E-state index is 0.463. The molecule has 0 heterocycles.